The van der Waals surface area contributed by atoms with Gasteiger partial charge in [-0.15, -0.1) is 0 Å². The van der Waals surface area contributed by atoms with Crippen LogP contribution in [0.5, 0.6) is 0 Å². The van der Waals surface area contributed by atoms with Crippen molar-refractivity contribution in [2.24, 2.45) is 28.5 Å². The summed E-state index contributed by atoms with van der Waals surface area (Å²) in [6.45, 7) is 13.9. The number of rotatable bonds is 16. The number of aldehydes is 1. The zero-order valence-electron chi connectivity index (χ0n) is 23.2. The number of unbranched alkanes of at least 4 members (excludes halogenated alkanes) is 1. The van der Waals surface area contributed by atoms with Gasteiger partial charge < -0.3 is 26.0 Å². The average molecular weight is 503 g/mol. The number of hydrogen-bond acceptors (Lipinski definition) is 5. The second-order valence-corrected chi connectivity index (χ2v) is 9.52. The van der Waals surface area contributed by atoms with Crippen LogP contribution in [0, 0.1) is 17.8 Å². The third-order valence-electron chi connectivity index (χ3n) is 4.77. The van der Waals surface area contributed by atoms with Gasteiger partial charge in [0.05, 0.1) is 19.6 Å². The number of carbonyl (C=O) groups excluding carboxylic acids is 4. The Kier molecular flexibility index (Phi) is 26.4. The molecule has 0 radical (unpaired) electrons. The first kappa shape index (κ1) is 37.2. The number of halogens is 1. The maximum absolute atomic E-state index is 12.9. The Balaban J connectivity index is -0.00000153. The number of hydrogen-bond donors (Lipinski definition) is 3. The predicted octanol–water partition coefficient (Wildman–Crippen LogP) is 4.00. The van der Waals surface area contributed by atoms with E-state index in [-0.39, 0.29) is 29.4 Å². The van der Waals surface area contributed by atoms with Crippen molar-refractivity contribution in [3.8, 4) is 0 Å². The first-order valence-corrected chi connectivity index (χ1v) is 12.6. The van der Waals surface area contributed by atoms with Crippen LogP contribution in [0.2, 0.25) is 0 Å². The predicted molar refractivity (Wildman–Crippen MR) is 142 cm³/mol. The second kappa shape index (κ2) is 24.8. The monoisotopic (exact) mass is 502 g/mol. The van der Waals surface area contributed by atoms with E-state index in [1.54, 1.807) is 0 Å². The highest BCUT2D eigenvalue weighted by atomic mass is 19.1. The first-order chi connectivity index (χ1) is 16.5. The van der Waals surface area contributed by atoms with Gasteiger partial charge in [0.2, 0.25) is 11.8 Å². The fourth-order valence-corrected chi connectivity index (χ4v) is 3.30. The fourth-order valence-electron chi connectivity index (χ4n) is 3.30. The van der Waals surface area contributed by atoms with Crippen molar-refractivity contribution in [3.63, 3.8) is 0 Å². The number of alkyl halides is 1. The van der Waals surface area contributed by atoms with Crippen LogP contribution in [-0.2, 0) is 19.2 Å². The summed E-state index contributed by atoms with van der Waals surface area (Å²) in [5, 5.41) is 5.73. The SMILES string of the molecule is CC(C)=O.CCCCC(CC(C)C)C(=O)N[C@@H](CC(C)C)C(=O)NC(C=O)CCCN=CN.CF. The van der Waals surface area contributed by atoms with E-state index in [0.29, 0.717) is 38.9 Å². The summed E-state index contributed by atoms with van der Waals surface area (Å²) in [7, 11) is 0.500. The number of nitrogens with zero attached hydrogens (tertiary/aromatic N) is 1. The van der Waals surface area contributed by atoms with Gasteiger partial charge in [-0.3, -0.25) is 19.0 Å². The van der Waals surface area contributed by atoms with Crippen LogP contribution in [0.1, 0.15) is 93.4 Å². The summed E-state index contributed by atoms with van der Waals surface area (Å²) in [6.07, 6.45) is 7.29. The highest BCUT2D eigenvalue weighted by Crippen LogP contribution is 2.19. The third kappa shape index (κ3) is 24.6. The van der Waals surface area contributed by atoms with Crippen LogP contribution in [0.4, 0.5) is 4.39 Å². The van der Waals surface area contributed by atoms with Crippen LogP contribution in [0.15, 0.2) is 4.99 Å². The van der Waals surface area contributed by atoms with Gasteiger partial charge in [0, 0.05) is 12.5 Å². The lowest BCUT2D eigenvalue weighted by Crippen LogP contribution is -2.51. The van der Waals surface area contributed by atoms with Crippen molar-refractivity contribution in [3.05, 3.63) is 0 Å². The van der Waals surface area contributed by atoms with Gasteiger partial charge in [-0.25, -0.2) is 0 Å². The van der Waals surface area contributed by atoms with E-state index in [9.17, 15) is 23.6 Å². The lowest BCUT2D eigenvalue weighted by Gasteiger charge is -2.25. The lowest BCUT2D eigenvalue weighted by atomic mass is 9.91. The molecule has 9 heteroatoms. The molecule has 4 N–H and O–H groups in total. The van der Waals surface area contributed by atoms with Crippen LogP contribution in [0.25, 0.3) is 0 Å². The lowest BCUT2D eigenvalue weighted by molar-refractivity contribution is -0.132. The molecule has 0 heterocycles. The molecule has 0 aromatic heterocycles. The molecule has 0 saturated carbocycles. The fraction of sp³-hybridized carbons (Fsp3) is 0.808. The van der Waals surface area contributed by atoms with Gasteiger partial charge in [0.25, 0.3) is 0 Å². The molecule has 35 heavy (non-hydrogen) atoms. The average Bonchev–Trinajstić information content (AvgIpc) is 2.78. The maximum atomic E-state index is 12.9. The molecule has 0 aliphatic rings. The number of carbonyl (C=O) groups is 4. The smallest absolute Gasteiger partial charge is 0.243 e. The molecule has 0 rings (SSSR count). The molecule has 0 fully saturated rings. The minimum Gasteiger partial charge on any atom is -0.390 e. The molecular weight excluding hydrogens is 451 g/mol. The van der Waals surface area contributed by atoms with E-state index in [1.807, 2.05) is 13.8 Å². The minimum absolute atomic E-state index is 0.0621. The van der Waals surface area contributed by atoms with Gasteiger partial charge in [0.15, 0.2) is 0 Å². The largest absolute Gasteiger partial charge is 0.390 e. The van der Waals surface area contributed by atoms with Crippen LogP contribution in [0.3, 0.4) is 0 Å². The Morgan fingerprint density at radius 1 is 0.914 bits per heavy atom. The number of Topliss-reactive ketones (excluding diaryl/α,β-unsaturated/α-hetero) is 1. The standard InChI is InChI=1S/C22H42N4O3.C3H6O.CH3F/c1-6-7-9-18(12-16(2)3)21(28)26-20(13-17(4)5)22(29)25-19(14-27)10-8-11-24-15-23;1-3(2)4;1-2/h14-20H,6-13H2,1-5H3,(H2,23,24)(H,25,29)(H,26,28);1-2H3;1H3/t18?,19?,20-;;/m0../s1. The summed E-state index contributed by atoms with van der Waals surface area (Å²) >= 11 is 0. The molecule has 0 aliphatic heterocycles. The molecule has 0 bridgehead atoms. The van der Waals surface area contributed by atoms with Gasteiger partial charge in [0.1, 0.15) is 18.1 Å². The summed E-state index contributed by atoms with van der Waals surface area (Å²) in [5.74, 6) is 0.362. The summed E-state index contributed by atoms with van der Waals surface area (Å²) in [5.41, 5.74) is 5.20. The molecule has 0 spiro atoms. The Bertz CT molecular complexity index is 594. The minimum atomic E-state index is -0.636. The number of nitrogens with two attached hydrogens (primary N) is 1. The Labute approximate surface area is 212 Å². The van der Waals surface area contributed by atoms with Crippen molar-refractivity contribution < 1.29 is 23.6 Å². The molecule has 0 aromatic carbocycles. The van der Waals surface area contributed by atoms with E-state index < -0.39 is 12.1 Å². The molecule has 0 aromatic rings. The van der Waals surface area contributed by atoms with Crippen LogP contribution >= 0.6 is 0 Å². The summed E-state index contributed by atoms with van der Waals surface area (Å²) in [6, 6.07) is -1.23. The van der Waals surface area contributed by atoms with Gasteiger partial charge in [-0.2, -0.15) is 0 Å². The maximum Gasteiger partial charge on any atom is 0.243 e. The Hall–Kier alpha value is -2.32. The van der Waals surface area contributed by atoms with Gasteiger partial charge in [-0.1, -0.05) is 47.5 Å². The van der Waals surface area contributed by atoms with E-state index in [4.69, 9.17) is 5.73 Å². The molecule has 0 saturated heterocycles. The highest BCUT2D eigenvalue weighted by Gasteiger charge is 2.27. The van der Waals surface area contributed by atoms with Gasteiger partial charge in [-0.05, 0) is 57.8 Å². The van der Waals surface area contributed by atoms with Crippen molar-refractivity contribution in [1.29, 1.82) is 0 Å². The zero-order chi connectivity index (χ0) is 27.8. The molecule has 206 valence electrons. The number of ketones is 1. The molecular formula is C26H51FN4O4. The Morgan fingerprint density at radius 2 is 1.46 bits per heavy atom. The quantitative estimate of drug-likeness (QED) is 0.127. The second-order valence-electron chi connectivity index (χ2n) is 9.52. The Morgan fingerprint density at radius 3 is 1.89 bits per heavy atom. The van der Waals surface area contributed by atoms with E-state index >= 15 is 0 Å². The number of aliphatic imine (C=N–C) groups is 1. The molecule has 0 aliphatic carbocycles. The topological polar surface area (TPSA) is 131 Å². The van der Waals surface area contributed by atoms with E-state index in [2.05, 4.69) is 36.4 Å². The number of amides is 2. The normalized spacial score (nSPS) is 13.1. The van der Waals surface area contributed by atoms with E-state index in [0.717, 1.165) is 32.0 Å². The number of nitrogens with one attached hydrogen (secondary N) is 2. The van der Waals surface area contributed by atoms with Crippen LogP contribution in [-0.4, -0.2) is 56.0 Å². The molecule has 8 nitrogen and oxygen atoms in total. The molecule has 2 amide bonds. The third-order valence-corrected chi connectivity index (χ3v) is 4.77. The highest BCUT2D eigenvalue weighted by molar-refractivity contribution is 5.89. The van der Waals surface area contributed by atoms with Crippen molar-refractivity contribution in [2.75, 3.05) is 13.7 Å². The van der Waals surface area contributed by atoms with Crippen molar-refractivity contribution >= 4 is 30.2 Å². The van der Waals surface area contributed by atoms with Crippen molar-refractivity contribution in [2.45, 2.75) is 105 Å². The van der Waals surface area contributed by atoms with Crippen LogP contribution < -0.4 is 16.4 Å². The molecule has 2 unspecified atom stereocenters. The van der Waals surface area contributed by atoms with Gasteiger partial charge >= 0.3 is 0 Å². The molecule has 3 atom stereocenters. The van der Waals surface area contributed by atoms with Crippen molar-refractivity contribution in [1.82, 2.24) is 10.6 Å². The zero-order valence-corrected chi connectivity index (χ0v) is 23.2. The van der Waals surface area contributed by atoms with E-state index in [1.165, 1.54) is 20.2 Å². The first-order valence-electron chi connectivity index (χ1n) is 12.6. The summed E-state index contributed by atoms with van der Waals surface area (Å²) in [4.78, 5) is 50.4. The summed E-state index contributed by atoms with van der Waals surface area (Å²) < 4.78 is 9.50.